The van der Waals surface area contributed by atoms with Gasteiger partial charge in [-0.1, -0.05) is 13.0 Å². The Hall–Kier alpha value is -0.890. The first-order valence-corrected chi connectivity index (χ1v) is 5.79. The molecule has 2 rings (SSSR count). The fourth-order valence-electron chi connectivity index (χ4n) is 2.22. The Morgan fingerprint density at radius 3 is 2.73 bits per heavy atom. The van der Waals surface area contributed by atoms with Gasteiger partial charge in [-0.3, -0.25) is 4.98 Å². The number of hydrogen-bond acceptors (Lipinski definition) is 2. The lowest BCUT2D eigenvalue weighted by Gasteiger charge is -2.15. The van der Waals surface area contributed by atoms with Crippen molar-refractivity contribution in [3.8, 4) is 0 Å². The molecule has 0 aliphatic heterocycles. The molecule has 0 spiro atoms. The summed E-state index contributed by atoms with van der Waals surface area (Å²) in [6.45, 7) is 4.41. The van der Waals surface area contributed by atoms with Crippen LogP contribution in [0.2, 0.25) is 0 Å². The first-order valence-electron chi connectivity index (χ1n) is 5.79. The van der Waals surface area contributed by atoms with Gasteiger partial charge in [0.1, 0.15) is 0 Å². The highest BCUT2D eigenvalue weighted by molar-refractivity contribution is 5.14. The van der Waals surface area contributed by atoms with Crippen molar-refractivity contribution in [2.45, 2.75) is 32.7 Å². The zero-order chi connectivity index (χ0) is 10.8. The number of hydrogen-bond donors (Lipinski definition) is 1. The van der Waals surface area contributed by atoms with Gasteiger partial charge in [-0.25, -0.2) is 0 Å². The van der Waals surface area contributed by atoms with Crippen LogP contribution in [0, 0.1) is 18.8 Å². The van der Waals surface area contributed by atoms with Crippen LogP contribution in [0.15, 0.2) is 18.3 Å². The van der Waals surface area contributed by atoms with Gasteiger partial charge in [-0.2, -0.15) is 0 Å². The molecule has 0 amide bonds. The minimum atomic E-state index is 0.607. The fourth-order valence-corrected chi connectivity index (χ4v) is 2.22. The quantitative estimate of drug-likeness (QED) is 0.813. The van der Waals surface area contributed by atoms with E-state index in [0.717, 1.165) is 18.3 Å². The second kappa shape index (κ2) is 4.31. The highest BCUT2D eigenvalue weighted by Gasteiger charge is 2.38. The minimum Gasteiger partial charge on any atom is -0.316 e. The van der Waals surface area contributed by atoms with E-state index in [1.54, 1.807) is 0 Å². The van der Waals surface area contributed by atoms with Crippen molar-refractivity contribution in [2.75, 3.05) is 7.05 Å². The van der Waals surface area contributed by atoms with Crippen LogP contribution in [-0.4, -0.2) is 18.1 Å². The van der Waals surface area contributed by atoms with E-state index >= 15 is 0 Å². The molecule has 2 nitrogen and oxygen atoms in total. The molecule has 0 bridgehead atoms. The Balaban J connectivity index is 1.97. The Morgan fingerprint density at radius 1 is 1.53 bits per heavy atom. The maximum Gasteiger partial charge on any atom is 0.0419 e. The maximum atomic E-state index is 4.46. The summed E-state index contributed by atoms with van der Waals surface area (Å²) in [7, 11) is 2.06. The lowest BCUT2D eigenvalue weighted by atomic mass is 10.0. The molecule has 1 aromatic heterocycles. The van der Waals surface area contributed by atoms with E-state index in [4.69, 9.17) is 0 Å². The summed E-state index contributed by atoms with van der Waals surface area (Å²) in [5, 5.41) is 3.42. The molecule has 3 unspecified atom stereocenters. The summed E-state index contributed by atoms with van der Waals surface area (Å²) < 4.78 is 0. The monoisotopic (exact) mass is 204 g/mol. The van der Waals surface area contributed by atoms with E-state index < -0.39 is 0 Å². The lowest BCUT2D eigenvalue weighted by Crippen LogP contribution is -2.30. The van der Waals surface area contributed by atoms with Crippen molar-refractivity contribution >= 4 is 0 Å². The van der Waals surface area contributed by atoms with Crippen molar-refractivity contribution < 1.29 is 0 Å². The van der Waals surface area contributed by atoms with Gasteiger partial charge in [-0.15, -0.1) is 0 Å². The van der Waals surface area contributed by atoms with Gasteiger partial charge in [0.2, 0.25) is 0 Å². The molecule has 1 aliphatic rings. The third-order valence-electron chi connectivity index (χ3n) is 3.46. The van der Waals surface area contributed by atoms with E-state index in [1.165, 1.54) is 17.7 Å². The third kappa shape index (κ3) is 2.57. The second-order valence-corrected chi connectivity index (χ2v) is 4.80. The van der Waals surface area contributed by atoms with Gasteiger partial charge in [-0.05, 0) is 43.9 Å². The highest BCUT2D eigenvalue weighted by Crippen LogP contribution is 2.41. The van der Waals surface area contributed by atoms with Gasteiger partial charge in [0.05, 0.1) is 0 Å². The summed E-state index contributed by atoms with van der Waals surface area (Å²) in [4.78, 5) is 4.46. The Bertz CT molecular complexity index is 318. The van der Waals surface area contributed by atoms with Crippen LogP contribution in [-0.2, 0) is 6.42 Å². The predicted molar refractivity (Wildman–Crippen MR) is 62.8 cm³/mol. The SMILES string of the molecule is CNC(Cc1ccc(C)cn1)C1CC1C. The molecule has 1 heterocycles. The topological polar surface area (TPSA) is 24.9 Å². The number of nitrogens with zero attached hydrogens (tertiary/aromatic N) is 1. The Kier molecular flexibility index (Phi) is 3.06. The third-order valence-corrected chi connectivity index (χ3v) is 3.46. The molecule has 1 N–H and O–H groups in total. The molecule has 15 heavy (non-hydrogen) atoms. The summed E-state index contributed by atoms with van der Waals surface area (Å²) in [5.41, 5.74) is 2.44. The van der Waals surface area contributed by atoms with Gasteiger partial charge < -0.3 is 5.32 Å². The molecule has 1 aliphatic carbocycles. The van der Waals surface area contributed by atoms with Crippen molar-refractivity contribution in [1.29, 1.82) is 0 Å². The van der Waals surface area contributed by atoms with E-state index in [-0.39, 0.29) is 0 Å². The Morgan fingerprint density at radius 2 is 2.27 bits per heavy atom. The molecule has 0 radical (unpaired) electrons. The van der Waals surface area contributed by atoms with Crippen LogP contribution in [0.1, 0.15) is 24.6 Å². The number of pyridine rings is 1. The first kappa shape index (κ1) is 10.6. The van der Waals surface area contributed by atoms with Gasteiger partial charge in [0.15, 0.2) is 0 Å². The zero-order valence-electron chi connectivity index (χ0n) is 9.83. The Labute approximate surface area is 92.1 Å². The molecule has 2 heteroatoms. The van der Waals surface area contributed by atoms with Gasteiger partial charge in [0.25, 0.3) is 0 Å². The minimum absolute atomic E-state index is 0.607. The number of likely N-dealkylation sites (N-methyl/N-ethyl adjacent to an activating group) is 1. The number of rotatable bonds is 4. The largest absolute Gasteiger partial charge is 0.316 e. The standard InChI is InChI=1S/C13H20N2/c1-9-4-5-11(15-8-9)7-13(14-3)12-6-10(12)2/h4-5,8,10,12-14H,6-7H2,1-3H3. The molecule has 0 saturated heterocycles. The van der Waals surface area contributed by atoms with Crippen molar-refractivity contribution in [2.24, 2.45) is 11.8 Å². The lowest BCUT2D eigenvalue weighted by molar-refractivity contribution is 0.475. The van der Waals surface area contributed by atoms with E-state index in [0.29, 0.717) is 6.04 Å². The highest BCUT2D eigenvalue weighted by atomic mass is 14.9. The van der Waals surface area contributed by atoms with Crippen LogP contribution in [0.3, 0.4) is 0 Å². The normalized spacial score (nSPS) is 26.3. The maximum absolute atomic E-state index is 4.46. The average Bonchev–Trinajstić information content (AvgIpc) is 2.95. The average molecular weight is 204 g/mol. The van der Waals surface area contributed by atoms with E-state index in [9.17, 15) is 0 Å². The first-order chi connectivity index (χ1) is 7.20. The van der Waals surface area contributed by atoms with Crippen molar-refractivity contribution in [1.82, 2.24) is 10.3 Å². The summed E-state index contributed by atoms with van der Waals surface area (Å²) >= 11 is 0. The molecule has 1 saturated carbocycles. The molecule has 3 atom stereocenters. The molecule has 1 aromatic rings. The van der Waals surface area contributed by atoms with Crippen LogP contribution >= 0.6 is 0 Å². The summed E-state index contributed by atoms with van der Waals surface area (Å²) in [6.07, 6.45) is 4.39. The summed E-state index contributed by atoms with van der Waals surface area (Å²) in [6, 6.07) is 4.90. The van der Waals surface area contributed by atoms with Crippen LogP contribution in [0.4, 0.5) is 0 Å². The smallest absolute Gasteiger partial charge is 0.0419 e. The molecular weight excluding hydrogens is 184 g/mol. The van der Waals surface area contributed by atoms with Crippen molar-refractivity contribution in [3.05, 3.63) is 29.6 Å². The van der Waals surface area contributed by atoms with Crippen LogP contribution < -0.4 is 5.32 Å². The fraction of sp³-hybridized carbons (Fsp3) is 0.615. The van der Waals surface area contributed by atoms with Crippen LogP contribution in [0.5, 0.6) is 0 Å². The summed E-state index contributed by atoms with van der Waals surface area (Å²) in [5.74, 6) is 1.76. The van der Waals surface area contributed by atoms with Crippen molar-refractivity contribution in [3.63, 3.8) is 0 Å². The second-order valence-electron chi connectivity index (χ2n) is 4.80. The number of aromatic nitrogens is 1. The van der Waals surface area contributed by atoms with Crippen LogP contribution in [0.25, 0.3) is 0 Å². The molecule has 0 aromatic carbocycles. The van der Waals surface area contributed by atoms with Gasteiger partial charge in [0, 0.05) is 24.4 Å². The van der Waals surface area contributed by atoms with E-state index in [2.05, 4.69) is 43.3 Å². The molecule has 82 valence electrons. The predicted octanol–water partition coefficient (Wildman–Crippen LogP) is 2.18. The molecule has 1 fully saturated rings. The zero-order valence-corrected chi connectivity index (χ0v) is 9.83. The number of nitrogens with one attached hydrogen (secondary N) is 1. The van der Waals surface area contributed by atoms with E-state index in [1.807, 2.05) is 6.20 Å². The molecular formula is C13H20N2. The van der Waals surface area contributed by atoms with Gasteiger partial charge >= 0.3 is 0 Å². The number of aryl methyl sites for hydroxylation is 1.